The zero-order valence-corrected chi connectivity index (χ0v) is 23.8. The fraction of sp³-hybridized carbons (Fsp3) is 0.469. The molecule has 2 aliphatic heterocycles. The van der Waals surface area contributed by atoms with E-state index in [4.69, 9.17) is 9.72 Å². The second kappa shape index (κ2) is 11.4. The van der Waals surface area contributed by atoms with Gasteiger partial charge in [-0.25, -0.2) is 8.78 Å². The van der Waals surface area contributed by atoms with Crippen molar-refractivity contribution in [2.24, 2.45) is 0 Å². The summed E-state index contributed by atoms with van der Waals surface area (Å²) in [6.45, 7) is 7.73. The zero-order valence-electron chi connectivity index (χ0n) is 23.8. The summed E-state index contributed by atoms with van der Waals surface area (Å²) in [7, 11) is 1.87. The van der Waals surface area contributed by atoms with Crippen LogP contribution in [-0.4, -0.2) is 83.8 Å². The Kier molecular flexibility index (Phi) is 7.64. The first-order chi connectivity index (χ1) is 19.8. The van der Waals surface area contributed by atoms with Crippen LogP contribution in [0, 0.1) is 5.82 Å². The average molecular weight is 562 g/mol. The van der Waals surface area contributed by atoms with Crippen molar-refractivity contribution in [2.75, 3.05) is 44.7 Å². The van der Waals surface area contributed by atoms with Crippen LogP contribution in [0.4, 0.5) is 14.6 Å². The minimum atomic E-state index is -0.894. The Bertz CT molecular complexity index is 1480. The molecular formula is C32H37F2N5O2. The maximum Gasteiger partial charge on any atom is 0.319 e. The highest BCUT2D eigenvalue weighted by Gasteiger charge is 2.32. The maximum absolute atomic E-state index is 16.5. The lowest BCUT2D eigenvalue weighted by Gasteiger charge is -2.40. The highest BCUT2D eigenvalue weighted by atomic mass is 19.1. The number of likely N-dealkylation sites (tertiary alicyclic amines) is 1. The minimum Gasteiger partial charge on any atom is -0.462 e. The van der Waals surface area contributed by atoms with Crippen molar-refractivity contribution in [2.45, 2.75) is 57.3 Å². The van der Waals surface area contributed by atoms with Crippen molar-refractivity contribution >= 4 is 22.6 Å². The van der Waals surface area contributed by atoms with E-state index in [2.05, 4.69) is 22.5 Å². The summed E-state index contributed by atoms with van der Waals surface area (Å²) in [5.74, 6) is 0.0685. The molecule has 0 N–H and O–H groups in total. The molecule has 3 aromatic rings. The summed E-state index contributed by atoms with van der Waals surface area (Å²) >= 11 is 0. The van der Waals surface area contributed by atoms with E-state index in [1.165, 1.54) is 17.2 Å². The molecule has 6 rings (SSSR count). The summed E-state index contributed by atoms with van der Waals surface area (Å²) in [5, 5.41) is 0.598. The molecule has 3 heterocycles. The number of benzene rings is 2. The highest BCUT2D eigenvalue weighted by Crippen LogP contribution is 2.38. The molecule has 2 aromatic carbocycles. The predicted molar refractivity (Wildman–Crippen MR) is 157 cm³/mol. The molecule has 2 fully saturated rings. The molecule has 2 saturated heterocycles. The van der Waals surface area contributed by atoms with Gasteiger partial charge in [-0.3, -0.25) is 9.69 Å². The second-order valence-electron chi connectivity index (χ2n) is 11.6. The lowest BCUT2D eigenvalue weighted by Crippen LogP contribution is -2.54. The summed E-state index contributed by atoms with van der Waals surface area (Å²) in [4.78, 5) is 27.5. The Morgan fingerprint density at radius 2 is 1.95 bits per heavy atom. The Morgan fingerprint density at radius 3 is 2.71 bits per heavy atom. The number of nitrogens with zero attached hydrogens (tertiary/aromatic N) is 5. The Hall–Kier alpha value is -3.59. The van der Waals surface area contributed by atoms with Gasteiger partial charge in [0.1, 0.15) is 24.1 Å². The number of aromatic nitrogens is 2. The topological polar surface area (TPSA) is 61.8 Å². The zero-order chi connectivity index (χ0) is 28.7. The van der Waals surface area contributed by atoms with Gasteiger partial charge in [-0.15, -0.1) is 0 Å². The molecule has 7 nitrogen and oxygen atoms in total. The summed E-state index contributed by atoms with van der Waals surface area (Å²) < 4.78 is 36.5. The molecule has 41 heavy (non-hydrogen) atoms. The normalized spacial score (nSPS) is 23.1. The van der Waals surface area contributed by atoms with E-state index in [0.29, 0.717) is 49.4 Å². The van der Waals surface area contributed by atoms with Gasteiger partial charge >= 0.3 is 6.01 Å². The van der Waals surface area contributed by atoms with Crippen LogP contribution in [-0.2, 0) is 17.6 Å². The van der Waals surface area contributed by atoms with Gasteiger partial charge in [0, 0.05) is 49.2 Å². The van der Waals surface area contributed by atoms with E-state index in [1.54, 1.807) is 4.90 Å². The van der Waals surface area contributed by atoms with Crippen molar-refractivity contribution in [1.29, 1.82) is 0 Å². The summed E-state index contributed by atoms with van der Waals surface area (Å²) in [5.41, 5.74) is 4.14. The summed E-state index contributed by atoms with van der Waals surface area (Å²) in [6, 6.07) is 9.77. The van der Waals surface area contributed by atoms with Gasteiger partial charge in [0.2, 0.25) is 5.91 Å². The molecule has 3 atom stereocenters. The number of rotatable bonds is 6. The number of carbonyl (C=O) groups excluding carboxylic acids is 1. The van der Waals surface area contributed by atoms with Gasteiger partial charge in [0.05, 0.1) is 0 Å². The Balaban J connectivity index is 1.41. The number of ether oxygens (including phenoxy) is 1. The first-order valence-electron chi connectivity index (χ1n) is 14.6. The number of fused-ring (bicyclic) bond motifs is 2. The maximum atomic E-state index is 16.5. The first kappa shape index (κ1) is 27.6. The fourth-order valence-corrected chi connectivity index (χ4v) is 6.64. The molecule has 1 aromatic heterocycles. The van der Waals surface area contributed by atoms with Gasteiger partial charge in [0.15, 0.2) is 5.82 Å². The summed E-state index contributed by atoms with van der Waals surface area (Å²) in [6.07, 6.45) is 5.01. The van der Waals surface area contributed by atoms with Crippen molar-refractivity contribution in [1.82, 2.24) is 19.8 Å². The lowest BCUT2D eigenvalue weighted by molar-refractivity contribution is -0.128. The van der Waals surface area contributed by atoms with Crippen LogP contribution < -0.4 is 9.64 Å². The Labute approximate surface area is 239 Å². The number of carbonyl (C=O) groups is 1. The van der Waals surface area contributed by atoms with Crippen molar-refractivity contribution in [3.05, 3.63) is 59.9 Å². The number of hydrogen-bond donors (Lipinski definition) is 0. The fourth-order valence-electron chi connectivity index (χ4n) is 6.64. The number of aryl methyl sites for hydroxylation is 1. The monoisotopic (exact) mass is 561 g/mol. The largest absolute Gasteiger partial charge is 0.462 e. The van der Waals surface area contributed by atoms with Crippen molar-refractivity contribution in [3.8, 4) is 17.1 Å². The van der Waals surface area contributed by atoms with Crippen molar-refractivity contribution < 1.29 is 18.3 Å². The standard InChI is InChI=1S/C32H37F2N5O2/c1-4-28(40)39-15-14-38(17-20(39)2)31-27-13-12-26(25-11-7-9-21-8-5-6-10-24(21)25)29(34)30(27)35-32(36-31)41-19-23-16-22(33)18-37(23)3/h4,7,9,11-13,20,22-23H,1,5-6,8,10,14-19H2,2-3H3/t20-,22+,23-/m0/s1. The first-order valence-corrected chi connectivity index (χ1v) is 14.6. The molecular weight excluding hydrogens is 524 g/mol. The van der Waals surface area contributed by atoms with Gasteiger partial charge in [-0.1, -0.05) is 30.8 Å². The Morgan fingerprint density at radius 1 is 1.12 bits per heavy atom. The average Bonchev–Trinajstić information content (AvgIpc) is 3.31. The van der Waals surface area contributed by atoms with E-state index in [0.717, 1.165) is 31.2 Å². The number of anilines is 1. The van der Waals surface area contributed by atoms with Gasteiger partial charge in [-0.2, -0.15) is 9.97 Å². The van der Waals surface area contributed by atoms with Gasteiger partial charge in [0.25, 0.3) is 0 Å². The van der Waals surface area contributed by atoms with Crippen LogP contribution >= 0.6 is 0 Å². The molecule has 3 aliphatic rings. The molecule has 0 saturated carbocycles. The highest BCUT2D eigenvalue weighted by molar-refractivity contribution is 5.94. The molecule has 9 heteroatoms. The molecule has 0 bridgehead atoms. The molecule has 0 unspecified atom stereocenters. The SMILES string of the molecule is C=CC(=O)N1CCN(c2nc(OC[C@@H]3C[C@@H](F)CN3C)nc3c(F)c(-c4cccc5c4CCCC5)ccc23)C[C@@H]1C. The predicted octanol–water partition coefficient (Wildman–Crippen LogP) is 4.96. The number of piperazine rings is 1. The molecule has 1 amide bonds. The minimum absolute atomic E-state index is 0.0756. The van der Waals surface area contributed by atoms with Crippen LogP contribution in [0.2, 0.25) is 0 Å². The van der Waals surface area contributed by atoms with Crippen LogP contribution in [0.15, 0.2) is 43.0 Å². The van der Waals surface area contributed by atoms with Crippen LogP contribution in [0.25, 0.3) is 22.0 Å². The van der Waals surface area contributed by atoms with Gasteiger partial charge < -0.3 is 14.5 Å². The van der Waals surface area contributed by atoms with E-state index in [1.807, 2.05) is 43.1 Å². The van der Waals surface area contributed by atoms with E-state index in [-0.39, 0.29) is 36.1 Å². The number of hydrogen-bond acceptors (Lipinski definition) is 6. The van der Waals surface area contributed by atoms with E-state index in [9.17, 15) is 9.18 Å². The number of amides is 1. The third-order valence-corrected chi connectivity index (χ3v) is 8.88. The van der Waals surface area contributed by atoms with E-state index < -0.39 is 12.0 Å². The number of halogens is 2. The van der Waals surface area contributed by atoms with Crippen LogP contribution in [0.5, 0.6) is 6.01 Å². The van der Waals surface area contributed by atoms with Crippen LogP contribution in [0.3, 0.4) is 0 Å². The van der Waals surface area contributed by atoms with Gasteiger partial charge in [-0.05, 0) is 74.9 Å². The third-order valence-electron chi connectivity index (χ3n) is 8.88. The molecule has 0 radical (unpaired) electrons. The van der Waals surface area contributed by atoms with E-state index >= 15 is 4.39 Å². The number of likely N-dealkylation sites (N-methyl/N-ethyl adjacent to an activating group) is 1. The molecule has 1 aliphatic carbocycles. The third kappa shape index (κ3) is 5.27. The second-order valence-corrected chi connectivity index (χ2v) is 11.6. The number of alkyl halides is 1. The smallest absolute Gasteiger partial charge is 0.319 e. The quantitative estimate of drug-likeness (QED) is 0.397. The molecule has 0 spiro atoms. The van der Waals surface area contributed by atoms with Crippen LogP contribution in [0.1, 0.15) is 37.3 Å². The molecule has 216 valence electrons. The van der Waals surface area contributed by atoms with Crippen molar-refractivity contribution in [3.63, 3.8) is 0 Å². The lowest BCUT2D eigenvalue weighted by atomic mass is 9.85.